The first-order chi connectivity index (χ1) is 5.98. The van der Waals surface area contributed by atoms with E-state index in [9.17, 15) is 0 Å². The third kappa shape index (κ3) is 1.86. The third-order valence-electron chi connectivity index (χ3n) is 3.06. The summed E-state index contributed by atoms with van der Waals surface area (Å²) in [5.41, 5.74) is 7.71. The van der Waals surface area contributed by atoms with Crippen LogP contribution in [0.15, 0.2) is 23.8 Å². The average molecular weight is 179 g/mol. The highest BCUT2D eigenvalue weighted by molar-refractivity contribution is 5.32. The molecule has 0 spiro atoms. The Balaban J connectivity index is 2.99. The lowest BCUT2D eigenvalue weighted by molar-refractivity contribution is 0.339. The van der Waals surface area contributed by atoms with Crippen molar-refractivity contribution in [2.45, 2.75) is 39.7 Å². The van der Waals surface area contributed by atoms with E-state index in [4.69, 9.17) is 5.73 Å². The van der Waals surface area contributed by atoms with Gasteiger partial charge in [0.15, 0.2) is 0 Å². The Morgan fingerprint density at radius 2 is 1.92 bits per heavy atom. The van der Waals surface area contributed by atoms with Gasteiger partial charge in [-0.05, 0) is 23.8 Å². The van der Waals surface area contributed by atoms with E-state index in [0.717, 1.165) is 6.42 Å². The second-order valence-electron chi connectivity index (χ2n) is 4.60. The van der Waals surface area contributed by atoms with Gasteiger partial charge in [0.05, 0.1) is 0 Å². The maximum absolute atomic E-state index is 6.43. The van der Waals surface area contributed by atoms with E-state index < -0.39 is 0 Å². The summed E-state index contributed by atoms with van der Waals surface area (Å²) in [6, 6.07) is 0. The van der Waals surface area contributed by atoms with Gasteiger partial charge in [-0.1, -0.05) is 45.9 Å². The zero-order valence-corrected chi connectivity index (χ0v) is 9.17. The van der Waals surface area contributed by atoms with Gasteiger partial charge < -0.3 is 5.73 Å². The third-order valence-corrected chi connectivity index (χ3v) is 3.06. The highest BCUT2D eigenvalue weighted by atomic mass is 14.8. The van der Waals surface area contributed by atoms with Crippen LogP contribution in [0.3, 0.4) is 0 Å². The van der Waals surface area contributed by atoms with Crippen molar-refractivity contribution in [1.82, 2.24) is 0 Å². The lowest BCUT2D eigenvalue weighted by Gasteiger charge is -2.39. The minimum Gasteiger partial charge on any atom is -0.321 e. The van der Waals surface area contributed by atoms with E-state index in [1.807, 2.05) is 0 Å². The summed E-state index contributed by atoms with van der Waals surface area (Å²) in [5.74, 6) is 1.06. The van der Waals surface area contributed by atoms with E-state index in [-0.39, 0.29) is 5.54 Å². The van der Waals surface area contributed by atoms with Crippen molar-refractivity contribution in [2.24, 2.45) is 17.6 Å². The van der Waals surface area contributed by atoms with Crippen molar-refractivity contribution in [1.29, 1.82) is 0 Å². The normalized spacial score (nSPS) is 28.4. The van der Waals surface area contributed by atoms with Gasteiger partial charge in [-0.15, -0.1) is 0 Å². The fourth-order valence-corrected chi connectivity index (χ4v) is 2.01. The highest BCUT2D eigenvalue weighted by Crippen LogP contribution is 2.34. The Kier molecular flexibility index (Phi) is 2.97. The number of hydrogen-bond acceptors (Lipinski definition) is 1. The van der Waals surface area contributed by atoms with Crippen LogP contribution in [0.4, 0.5) is 0 Å². The van der Waals surface area contributed by atoms with Gasteiger partial charge in [-0.25, -0.2) is 0 Å². The van der Waals surface area contributed by atoms with Crippen molar-refractivity contribution in [2.75, 3.05) is 0 Å². The van der Waals surface area contributed by atoms with Crippen LogP contribution in [-0.2, 0) is 0 Å². The van der Waals surface area contributed by atoms with Crippen molar-refractivity contribution in [3.8, 4) is 0 Å². The van der Waals surface area contributed by atoms with Crippen LogP contribution in [0.25, 0.3) is 0 Å². The van der Waals surface area contributed by atoms with Crippen LogP contribution >= 0.6 is 0 Å². The Hall–Kier alpha value is -0.560. The molecule has 0 aromatic heterocycles. The van der Waals surface area contributed by atoms with Crippen molar-refractivity contribution >= 4 is 0 Å². The molecule has 74 valence electrons. The summed E-state index contributed by atoms with van der Waals surface area (Å²) in [6.45, 7) is 8.84. The molecule has 0 fully saturated rings. The Morgan fingerprint density at radius 3 is 2.31 bits per heavy atom. The van der Waals surface area contributed by atoms with Gasteiger partial charge in [-0.2, -0.15) is 0 Å². The van der Waals surface area contributed by atoms with Crippen LogP contribution in [0.2, 0.25) is 0 Å². The predicted molar refractivity (Wildman–Crippen MR) is 58.4 cm³/mol. The minimum absolute atomic E-state index is 0.108. The molecule has 13 heavy (non-hydrogen) atoms. The van der Waals surface area contributed by atoms with Crippen molar-refractivity contribution in [3.05, 3.63) is 23.8 Å². The van der Waals surface area contributed by atoms with E-state index >= 15 is 0 Å². The van der Waals surface area contributed by atoms with Gasteiger partial charge in [0.1, 0.15) is 0 Å². The van der Waals surface area contributed by atoms with Gasteiger partial charge >= 0.3 is 0 Å². The molecule has 1 rings (SSSR count). The number of allylic oxidation sites excluding steroid dienone is 2. The zero-order chi connectivity index (χ0) is 10.1. The summed E-state index contributed by atoms with van der Waals surface area (Å²) < 4.78 is 0. The first kappa shape index (κ1) is 10.5. The smallest absolute Gasteiger partial charge is 0.0432 e. The molecule has 0 aliphatic heterocycles. The molecule has 2 N–H and O–H groups in total. The first-order valence-electron chi connectivity index (χ1n) is 5.14. The van der Waals surface area contributed by atoms with Crippen LogP contribution in [0, 0.1) is 11.8 Å². The van der Waals surface area contributed by atoms with Gasteiger partial charge in [0.25, 0.3) is 0 Å². The summed E-state index contributed by atoms with van der Waals surface area (Å²) in [7, 11) is 0. The maximum atomic E-state index is 6.43. The quantitative estimate of drug-likeness (QED) is 0.693. The summed E-state index contributed by atoms with van der Waals surface area (Å²) in [5, 5.41) is 0. The lowest BCUT2D eigenvalue weighted by atomic mass is 9.72. The molecule has 1 atom stereocenters. The first-order valence-corrected chi connectivity index (χ1v) is 5.14. The summed E-state index contributed by atoms with van der Waals surface area (Å²) in [4.78, 5) is 0. The molecular formula is C12H21N. The summed E-state index contributed by atoms with van der Waals surface area (Å²) >= 11 is 0. The molecule has 0 saturated heterocycles. The lowest BCUT2D eigenvalue weighted by Crippen LogP contribution is -2.48. The average Bonchev–Trinajstić information content (AvgIpc) is 2.04. The Morgan fingerprint density at radius 1 is 1.31 bits per heavy atom. The second kappa shape index (κ2) is 3.67. The van der Waals surface area contributed by atoms with E-state index in [2.05, 4.69) is 45.9 Å². The predicted octanol–water partition coefficient (Wildman–Crippen LogP) is 2.88. The molecule has 0 bridgehead atoms. The fraction of sp³-hybridized carbons (Fsp3) is 0.667. The van der Waals surface area contributed by atoms with Crippen molar-refractivity contribution in [3.63, 3.8) is 0 Å². The van der Waals surface area contributed by atoms with Gasteiger partial charge in [0, 0.05) is 5.54 Å². The minimum atomic E-state index is -0.108. The van der Waals surface area contributed by atoms with Crippen LogP contribution in [-0.4, -0.2) is 5.54 Å². The number of nitrogens with two attached hydrogens (primary N) is 1. The molecule has 0 radical (unpaired) electrons. The molecule has 1 nitrogen and oxygen atoms in total. The van der Waals surface area contributed by atoms with Gasteiger partial charge in [0.2, 0.25) is 0 Å². The largest absolute Gasteiger partial charge is 0.321 e. The molecule has 0 saturated carbocycles. The Bertz CT molecular complexity index is 236. The zero-order valence-electron chi connectivity index (χ0n) is 9.17. The molecule has 1 aliphatic rings. The maximum Gasteiger partial charge on any atom is 0.0432 e. The second-order valence-corrected chi connectivity index (χ2v) is 4.60. The molecule has 0 aromatic rings. The molecule has 1 aliphatic carbocycles. The van der Waals surface area contributed by atoms with Crippen LogP contribution in [0.1, 0.15) is 34.1 Å². The van der Waals surface area contributed by atoms with Crippen molar-refractivity contribution < 1.29 is 0 Å². The highest BCUT2D eigenvalue weighted by Gasteiger charge is 2.34. The number of hydrogen-bond donors (Lipinski definition) is 1. The SMILES string of the molecule is CC(C)C1=CC=CCC1(N)C(C)C. The molecule has 0 heterocycles. The molecule has 0 amide bonds. The number of rotatable bonds is 2. The molecule has 1 unspecified atom stereocenters. The fourth-order valence-electron chi connectivity index (χ4n) is 2.01. The summed E-state index contributed by atoms with van der Waals surface area (Å²) in [6.07, 6.45) is 7.47. The van der Waals surface area contributed by atoms with Crippen LogP contribution in [0.5, 0.6) is 0 Å². The molecular weight excluding hydrogens is 158 g/mol. The molecule has 0 aromatic carbocycles. The van der Waals surface area contributed by atoms with Gasteiger partial charge in [-0.3, -0.25) is 0 Å². The Labute approximate surface area is 81.7 Å². The van der Waals surface area contributed by atoms with E-state index in [1.54, 1.807) is 0 Å². The van der Waals surface area contributed by atoms with E-state index in [1.165, 1.54) is 5.57 Å². The standard InChI is InChI=1S/C12H21N/c1-9(2)11-7-5-6-8-12(11,13)10(3)4/h5-7,9-10H,8,13H2,1-4H3. The topological polar surface area (TPSA) is 26.0 Å². The monoisotopic (exact) mass is 179 g/mol. The van der Waals surface area contributed by atoms with Crippen LogP contribution < -0.4 is 5.73 Å². The molecule has 1 heteroatoms. The van der Waals surface area contributed by atoms with E-state index in [0.29, 0.717) is 11.8 Å².